The second kappa shape index (κ2) is 5.42. The molecule has 4 nitrogen and oxygen atoms in total. The third-order valence-electron chi connectivity index (χ3n) is 2.20. The van der Waals surface area contributed by atoms with E-state index < -0.39 is 11.2 Å². The van der Waals surface area contributed by atoms with Gasteiger partial charge in [0, 0.05) is 12.8 Å². The molecular weight excluding hydrogens is 184 g/mol. The van der Waals surface area contributed by atoms with Crippen LogP contribution in [0.5, 0.6) is 0 Å². The molecule has 0 aliphatic rings. The lowest BCUT2D eigenvalue weighted by Crippen LogP contribution is -2.33. The maximum atomic E-state index is 11.0. The van der Waals surface area contributed by atoms with E-state index in [9.17, 15) is 19.2 Å². The van der Waals surface area contributed by atoms with Crippen LogP contribution in [0.15, 0.2) is 0 Å². The van der Waals surface area contributed by atoms with E-state index in [0.717, 1.165) is 6.92 Å². The fourth-order valence-electron chi connectivity index (χ4n) is 0.978. The van der Waals surface area contributed by atoms with E-state index in [1.165, 1.54) is 6.29 Å². The van der Waals surface area contributed by atoms with Crippen molar-refractivity contribution in [3.05, 3.63) is 0 Å². The first-order valence-electron chi connectivity index (χ1n) is 4.40. The highest BCUT2D eigenvalue weighted by atomic mass is 16.2. The highest BCUT2D eigenvalue weighted by Gasteiger charge is 2.36. The lowest BCUT2D eigenvalue weighted by molar-refractivity contribution is -0.129. The lowest BCUT2D eigenvalue weighted by Gasteiger charge is -2.15. The maximum absolute atomic E-state index is 11.0. The quantitative estimate of drug-likeness (QED) is 0.443. The Morgan fingerprint density at radius 1 is 1.43 bits per heavy atom. The Morgan fingerprint density at radius 3 is 2.29 bits per heavy atom. The number of ketones is 2. The Balaban J connectivity index is 4.52. The van der Waals surface area contributed by atoms with Crippen molar-refractivity contribution in [3.63, 3.8) is 0 Å². The molecule has 0 spiro atoms. The van der Waals surface area contributed by atoms with E-state index in [1.54, 1.807) is 6.92 Å². The van der Waals surface area contributed by atoms with Crippen molar-refractivity contribution in [1.82, 2.24) is 0 Å². The Bertz CT molecular complexity index is 247. The third kappa shape index (κ3) is 2.87. The molecule has 0 aromatic carbocycles. The van der Waals surface area contributed by atoms with Crippen molar-refractivity contribution in [3.8, 4) is 0 Å². The molecule has 0 aliphatic heterocycles. The predicted molar refractivity (Wildman–Crippen MR) is 49.4 cm³/mol. The van der Waals surface area contributed by atoms with Crippen molar-refractivity contribution < 1.29 is 19.2 Å². The first kappa shape index (κ1) is 12.7. The van der Waals surface area contributed by atoms with Crippen LogP contribution < -0.4 is 0 Å². The van der Waals surface area contributed by atoms with Gasteiger partial charge in [-0.3, -0.25) is 14.4 Å². The van der Waals surface area contributed by atoms with Gasteiger partial charge in [0.15, 0.2) is 11.2 Å². The number of rotatable bonds is 7. The second-order valence-corrected chi connectivity index (χ2v) is 3.14. The van der Waals surface area contributed by atoms with Gasteiger partial charge in [-0.05, 0) is 13.3 Å². The molecule has 4 heteroatoms. The van der Waals surface area contributed by atoms with Gasteiger partial charge in [-0.2, -0.15) is 0 Å². The number of carbonyl (C=O) groups is 3. The fourth-order valence-corrected chi connectivity index (χ4v) is 0.978. The number of Topliss-reactive ketones (excluding diaryl/α,β-unsaturated/α-hetero) is 2. The van der Waals surface area contributed by atoms with Crippen LogP contribution in [0.3, 0.4) is 0 Å². The minimum atomic E-state index is -1.73. The van der Waals surface area contributed by atoms with Gasteiger partial charge in [-0.25, -0.2) is 0 Å². The van der Waals surface area contributed by atoms with E-state index in [-0.39, 0.29) is 24.9 Å². The smallest absolute Gasteiger partial charge is 0.220 e. The second-order valence-electron chi connectivity index (χ2n) is 3.14. The zero-order chi connectivity index (χ0) is 11.2. The largest absolute Gasteiger partial charge is 0.302 e. The minimum Gasteiger partial charge on any atom is -0.302 e. The van der Waals surface area contributed by atoms with Crippen molar-refractivity contribution in [2.24, 2.45) is 5.41 Å². The number of carbonyl (C=O) groups excluding carboxylic acids is 4. The predicted octanol–water partition coefficient (Wildman–Crippen LogP) is 0.630. The van der Waals surface area contributed by atoms with Crippen LogP contribution in [0.1, 0.15) is 33.1 Å². The molecule has 0 heterocycles. The Hall–Kier alpha value is -1.32. The normalized spacial score (nSPS) is 10.7. The van der Waals surface area contributed by atoms with E-state index in [0.29, 0.717) is 6.42 Å². The monoisotopic (exact) mass is 197 g/mol. The Labute approximate surface area is 82.7 Å². The van der Waals surface area contributed by atoms with Gasteiger partial charge in [0.1, 0.15) is 12.1 Å². The highest BCUT2D eigenvalue weighted by molar-refractivity contribution is 6.10. The topological polar surface area (TPSA) is 68.3 Å². The maximum Gasteiger partial charge on any atom is 0.220 e. The molecule has 1 unspecified atom stereocenters. The average Bonchev–Trinajstić information content (AvgIpc) is 2.19. The number of aldehydes is 1. The molecular formula is C10H13O4. The molecule has 0 N–H and O–H groups in total. The van der Waals surface area contributed by atoms with Gasteiger partial charge >= 0.3 is 0 Å². The molecule has 0 aromatic rings. The van der Waals surface area contributed by atoms with Crippen LogP contribution in [0.2, 0.25) is 0 Å². The molecule has 0 amide bonds. The summed E-state index contributed by atoms with van der Waals surface area (Å²) in [6.07, 6.45) is 2.02. The fraction of sp³-hybridized carbons (Fsp3) is 0.600. The summed E-state index contributed by atoms with van der Waals surface area (Å²) >= 11 is 0. The van der Waals surface area contributed by atoms with Crippen LogP contribution in [0, 0.1) is 5.41 Å². The van der Waals surface area contributed by atoms with E-state index in [4.69, 9.17) is 0 Å². The van der Waals surface area contributed by atoms with Gasteiger partial charge in [-0.1, -0.05) is 6.92 Å². The van der Waals surface area contributed by atoms with Crippen molar-refractivity contribution in [1.29, 1.82) is 0 Å². The third-order valence-corrected chi connectivity index (χ3v) is 2.20. The lowest BCUT2D eigenvalue weighted by atomic mass is 9.82. The summed E-state index contributed by atoms with van der Waals surface area (Å²) in [7, 11) is 0. The Kier molecular flexibility index (Phi) is 4.91. The van der Waals surface area contributed by atoms with Crippen LogP contribution in [0.4, 0.5) is 0 Å². The molecule has 0 bridgehead atoms. The van der Waals surface area contributed by atoms with Crippen LogP contribution >= 0.6 is 0 Å². The molecule has 0 saturated heterocycles. The van der Waals surface area contributed by atoms with E-state index >= 15 is 0 Å². The molecule has 1 radical (unpaired) electrons. The highest BCUT2D eigenvalue weighted by Crippen LogP contribution is 2.20. The number of hydrogen-bond donors (Lipinski definition) is 0. The summed E-state index contributed by atoms with van der Waals surface area (Å²) in [6, 6.07) is 0. The average molecular weight is 197 g/mol. The zero-order valence-corrected chi connectivity index (χ0v) is 8.33. The molecule has 1 atom stereocenters. The summed E-state index contributed by atoms with van der Waals surface area (Å²) in [5.41, 5.74) is -1.73. The van der Waals surface area contributed by atoms with Crippen molar-refractivity contribution in [2.75, 3.05) is 0 Å². The van der Waals surface area contributed by atoms with Crippen LogP contribution in [0.25, 0.3) is 0 Å². The first-order chi connectivity index (χ1) is 6.52. The Morgan fingerprint density at radius 2 is 2.00 bits per heavy atom. The van der Waals surface area contributed by atoms with E-state index in [2.05, 4.69) is 0 Å². The first-order valence-corrected chi connectivity index (χ1v) is 4.40. The molecule has 0 aliphatic carbocycles. The van der Waals surface area contributed by atoms with Gasteiger partial charge < -0.3 is 4.79 Å². The summed E-state index contributed by atoms with van der Waals surface area (Å²) in [4.78, 5) is 43.1. The molecule has 0 aromatic heterocycles. The summed E-state index contributed by atoms with van der Waals surface area (Å²) in [6.45, 7) is 2.83. The van der Waals surface area contributed by atoms with Crippen molar-refractivity contribution in [2.45, 2.75) is 33.1 Å². The van der Waals surface area contributed by atoms with Gasteiger partial charge in [-0.15, -0.1) is 0 Å². The molecule has 0 rings (SSSR count). The summed E-state index contributed by atoms with van der Waals surface area (Å²) < 4.78 is 0. The minimum absolute atomic E-state index is 0.0596. The van der Waals surface area contributed by atoms with Crippen LogP contribution in [-0.2, 0) is 19.2 Å². The van der Waals surface area contributed by atoms with Gasteiger partial charge in [0.25, 0.3) is 0 Å². The van der Waals surface area contributed by atoms with Crippen LogP contribution in [-0.4, -0.2) is 24.1 Å². The zero-order valence-electron chi connectivity index (χ0n) is 8.33. The van der Waals surface area contributed by atoms with E-state index in [1.807, 2.05) is 0 Å². The molecule has 14 heavy (non-hydrogen) atoms. The summed E-state index contributed by atoms with van der Waals surface area (Å²) in [5.74, 6) is -0.640. The summed E-state index contributed by atoms with van der Waals surface area (Å²) in [5, 5.41) is 0. The van der Waals surface area contributed by atoms with Crippen molar-refractivity contribution >= 4 is 24.1 Å². The van der Waals surface area contributed by atoms with Gasteiger partial charge in [0.2, 0.25) is 6.29 Å². The molecule has 77 valence electrons. The SMILES string of the molecule is CCC(=O)CCC([C]=O)(C=O)C(C)=O. The standard InChI is InChI=1S/C10H13O4/c1-3-9(14)4-5-10(6-11,7-12)8(2)13/h6H,3-5H2,1-2H3. The number of hydrogen-bond acceptors (Lipinski definition) is 4. The molecule has 0 saturated carbocycles. The molecule has 0 fully saturated rings. The van der Waals surface area contributed by atoms with Gasteiger partial charge in [0.05, 0.1) is 0 Å².